The number of phenolic OH excluding ortho intramolecular Hbond substituents is 1. The van der Waals surface area contributed by atoms with Gasteiger partial charge < -0.3 is 54.7 Å². The topological polar surface area (TPSA) is 196 Å². The minimum absolute atomic E-state index is 0.0442. The lowest BCUT2D eigenvalue weighted by Crippen LogP contribution is -2.60. The van der Waals surface area contributed by atoms with Crippen LogP contribution in [0, 0.1) is 0 Å². The SMILES string of the molecule is O=C(O[C@@H]1O[C@H](CO[C@@H]2OC[C@](O)(CO)[C@H]2O)[C@@H](O)[C@H](O)[C@H]1O)c1ccc(O)cc1. The number of carbonyl (C=O) groups is 1. The lowest BCUT2D eigenvalue weighted by Gasteiger charge is -2.40. The van der Waals surface area contributed by atoms with Crippen LogP contribution in [-0.4, -0.2) is 110 Å². The summed E-state index contributed by atoms with van der Waals surface area (Å²) in [6.07, 6.45) is -11.0. The fourth-order valence-corrected chi connectivity index (χ4v) is 3.05. The molecule has 0 aromatic heterocycles. The Kier molecular flexibility index (Phi) is 6.91. The van der Waals surface area contributed by atoms with E-state index in [0.29, 0.717) is 0 Å². The van der Waals surface area contributed by atoms with E-state index in [1.165, 1.54) is 24.3 Å². The molecule has 12 nitrogen and oxygen atoms in total. The number of aromatic hydroxyl groups is 1. The third-order valence-electron chi connectivity index (χ3n) is 5.00. The van der Waals surface area contributed by atoms with E-state index in [4.69, 9.17) is 24.1 Å². The molecule has 8 atom stereocenters. The molecule has 2 aliphatic heterocycles. The van der Waals surface area contributed by atoms with Crippen LogP contribution in [0.2, 0.25) is 0 Å². The van der Waals surface area contributed by atoms with Crippen molar-refractivity contribution in [2.24, 2.45) is 0 Å². The van der Waals surface area contributed by atoms with Gasteiger partial charge in [0.05, 0.1) is 25.4 Å². The Bertz CT molecular complexity index is 726. The number of hydrogen-bond donors (Lipinski definition) is 7. The first kappa shape index (κ1) is 22.8. The molecule has 7 N–H and O–H groups in total. The zero-order valence-corrected chi connectivity index (χ0v) is 15.6. The van der Waals surface area contributed by atoms with Gasteiger partial charge in [-0.3, -0.25) is 0 Å². The average molecular weight is 432 g/mol. The predicted molar refractivity (Wildman–Crippen MR) is 93.9 cm³/mol. The molecule has 0 radical (unpaired) electrons. The highest BCUT2D eigenvalue weighted by Gasteiger charge is 2.50. The fraction of sp³-hybridized carbons (Fsp3) is 0.611. The first-order valence-corrected chi connectivity index (χ1v) is 9.10. The van der Waals surface area contributed by atoms with Crippen molar-refractivity contribution in [3.8, 4) is 5.75 Å². The van der Waals surface area contributed by atoms with Gasteiger partial charge in [-0.05, 0) is 24.3 Å². The van der Waals surface area contributed by atoms with Gasteiger partial charge in [0.25, 0.3) is 0 Å². The molecule has 2 saturated heterocycles. The smallest absolute Gasteiger partial charge is 0.340 e. The van der Waals surface area contributed by atoms with Crippen LogP contribution in [0.5, 0.6) is 5.75 Å². The summed E-state index contributed by atoms with van der Waals surface area (Å²) in [5, 5.41) is 68.6. The molecule has 3 rings (SSSR count). The van der Waals surface area contributed by atoms with Crippen LogP contribution < -0.4 is 0 Å². The lowest BCUT2D eigenvalue weighted by molar-refractivity contribution is -0.295. The highest BCUT2D eigenvalue weighted by atomic mass is 16.7. The number of ether oxygens (including phenoxy) is 4. The number of aliphatic hydroxyl groups excluding tert-OH is 5. The molecule has 30 heavy (non-hydrogen) atoms. The summed E-state index contributed by atoms with van der Waals surface area (Å²) in [7, 11) is 0. The van der Waals surface area contributed by atoms with Gasteiger partial charge in [-0.1, -0.05) is 0 Å². The van der Waals surface area contributed by atoms with Crippen LogP contribution in [-0.2, 0) is 18.9 Å². The van der Waals surface area contributed by atoms with E-state index in [1.807, 2.05) is 0 Å². The predicted octanol–water partition coefficient (Wildman–Crippen LogP) is -3.19. The zero-order chi connectivity index (χ0) is 22.1. The molecule has 1 aromatic carbocycles. The molecular weight excluding hydrogens is 408 g/mol. The zero-order valence-electron chi connectivity index (χ0n) is 15.6. The van der Waals surface area contributed by atoms with Gasteiger partial charge in [0.15, 0.2) is 6.29 Å². The summed E-state index contributed by atoms with van der Waals surface area (Å²) in [6, 6.07) is 5.06. The van der Waals surface area contributed by atoms with Crippen molar-refractivity contribution < 1.29 is 59.5 Å². The molecule has 2 aliphatic rings. The van der Waals surface area contributed by atoms with Crippen molar-refractivity contribution in [1.82, 2.24) is 0 Å². The number of hydrogen-bond acceptors (Lipinski definition) is 12. The molecule has 2 heterocycles. The van der Waals surface area contributed by atoms with E-state index in [1.54, 1.807) is 0 Å². The summed E-state index contributed by atoms with van der Waals surface area (Å²) in [6.45, 7) is -1.63. The minimum Gasteiger partial charge on any atom is -0.508 e. The maximum Gasteiger partial charge on any atom is 0.340 e. The van der Waals surface area contributed by atoms with E-state index in [9.17, 15) is 35.4 Å². The highest BCUT2D eigenvalue weighted by molar-refractivity contribution is 5.89. The van der Waals surface area contributed by atoms with Crippen molar-refractivity contribution in [3.05, 3.63) is 29.8 Å². The van der Waals surface area contributed by atoms with Gasteiger partial charge >= 0.3 is 5.97 Å². The van der Waals surface area contributed by atoms with E-state index >= 15 is 0 Å². The van der Waals surface area contributed by atoms with Gasteiger partial charge in [-0.15, -0.1) is 0 Å². The van der Waals surface area contributed by atoms with Crippen LogP contribution >= 0.6 is 0 Å². The Morgan fingerprint density at radius 3 is 2.33 bits per heavy atom. The molecule has 0 bridgehead atoms. The van der Waals surface area contributed by atoms with Crippen LogP contribution in [0.15, 0.2) is 24.3 Å². The van der Waals surface area contributed by atoms with Crippen molar-refractivity contribution in [2.75, 3.05) is 19.8 Å². The molecule has 0 spiro atoms. The molecular formula is C18H24O12. The number of carbonyl (C=O) groups excluding carboxylic acids is 1. The Morgan fingerprint density at radius 2 is 1.73 bits per heavy atom. The summed E-state index contributed by atoms with van der Waals surface area (Å²) in [5.74, 6) is -0.981. The molecule has 0 saturated carbocycles. The Balaban J connectivity index is 1.61. The van der Waals surface area contributed by atoms with Crippen molar-refractivity contribution in [3.63, 3.8) is 0 Å². The summed E-state index contributed by atoms with van der Waals surface area (Å²) >= 11 is 0. The van der Waals surface area contributed by atoms with Crippen LogP contribution in [0.4, 0.5) is 0 Å². The van der Waals surface area contributed by atoms with Crippen LogP contribution in [0.1, 0.15) is 10.4 Å². The van der Waals surface area contributed by atoms with Crippen molar-refractivity contribution in [2.45, 2.75) is 48.7 Å². The molecule has 12 heteroatoms. The summed E-state index contributed by atoms with van der Waals surface area (Å²) in [4.78, 5) is 12.2. The number of phenols is 1. The maximum atomic E-state index is 12.2. The van der Waals surface area contributed by atoms with E-state index in [-0.39, 0.29) is 11.3 Å². The number of aliphatic hydroxyl groups is 6. The minimum atomic E-state index is -1.91. The Labute approximate surface area is 170 Å². The van der Waals surface area contributed by atoms with Crippen LogP contribution in [0.3, 0.4) is 0 Å². The molecule has 0 amide bonds. The molecule has 1 aromatic rings. The second-order valence-electron chi connectivity index (χ2n) is 7.19. The second-order valence-corrected chi connectivity index (χ2v) is 7.19. The quantitative estimate of drug-likeness (QED) is 0.223. The molecule has 0 unspecified atom stereocenters. The third kappa shape index (κ3) is 4.56. The van der Waals surface area contributed by atoms with E-state index in [0.717, 1.165) is 0 Å². The second kappa shape index (κ2) is 9.09. The third-order valence-corrected chi connectivity index (χ3v) is 5.00. The van der Waals surface area contributed by atoms with Gasteiger partial charge in [0, 0.05) is 0 Å². The number of esters is 1. The Hall–Kier alpha value is -1.87. The number of benzene rings is 1. The normalized spacial score (nSPS) is 39.1. The van der Waals surface area contributed by atoms with Crippen LogP contribution in [0.25, 0.3) is 0 Å². The van der Waals surface area contributed by atoms with Gasteiger partial charge in [-0.25, -0.2) is 4.79 Å². The lowest BCUT2D eigenvalue weighted by atomic mass is 9.99. The molecule has 168 valence electrons. The van der Waals surface area contributed by atoms with Crippen molar-refractivity contribution in [1.29, 1.82) is 0 Å². The highest BCUT2D eigenvalue weighted by Crippen LogP contribution is 2.28. The molecule has 0 aliphatic carbocycles. The van der Waals surface area contributed by atoms with Crippen molar-refractivity contribution >= 4 is 5.97 Å². The fourth-order valence-electron chi connectivity index (χ4n) is 3.05. The standard InChI is InChI=1S/C18H24O12/c19-6-18(26)7-28-17(14(18)24)27-5-10-11(21)12(22)13(23)16(29-10)30-15(25)8-1-3-9(20)4-2-8/h1-4,10-14,16-17,19-24,26H,5-7H2/t10-,11-,12+,13-,14+,16+,17-,18-/m1/s1. The summed E-state index contributed by atoms with van der Waals surface area (Å²) in [5.41, 5.74) is -1.86. The summed E-state index contributed by atoms with van der Waals surface area (Å²) < 4.78 is 20.7. The largest absolute Gasteiger partial charge is 0.508 e. The first-order valence-electron chi connectivity index (χ1n) is 9.10. The Morgan fingerprint density at radius 1 is 1.07 bits per heavy atom. The molecule has 2 fully saturated rings. The number of rotatable bonds is 6. The first-order chi connectivity index (χ1) is 14.2. The average Bonchev–Trinajstić information content (AvgIpc) is 3.02. The van der Waals surface area contributed by atoms with Gasteiger partial charge in [0.2, 0.25) is 6.29 Å². The van der Waals surface area contributed by atoms with E-state index < -0.39 is 74.5 Å². The monoisotopic (exact) mass is 432 g/mol. The van der Waals surface area contributed by atoms with Gasteiger partial charge in [-0.2, -0.15) is 0 Å². The maximum absolute atomic E-state index is 12.2. The van der Waals surface area contributed by atoms with Gasteiger partial charge in [0.1, 0.15) is 41.9 Å². The van der Waals surface area contributed by atoms with E-state index in [2.05, 4.69) is 0 Å².